The molecule has 0 aromatic heterocycles. The van der Waals surface area contributed by atoms with Crippen molar-refractivity contribution in [2.75, 3.05) is 22.9 Å². The third-order valence-electron chi connectivity index (χ3n) is 13.9. The molecule has 0 radical (unpaired) electrons. The van der Waals surface area contributed by atoms with Crippen molar-refractivity contribution in [3.63, 3.8) is 0 Å². The molecule has 6 aromatic rings. The van der Waals surface area contributed by atoms with Gasteiger partial charge in [-0.1, -0.05) is 172 Å². The summed E-state index contributed by atoms with van der Waals surface area (Å²) in [6.45, 7) is 16.0. The Morgan fingerprint density at radius 2 is 0.844 bits per heavy atom. The fourth-order valence-electron chi connectivity index (χ4n) is 10.5. The number of anilines is 2. The Hall–Kier alpha value is -6.45. The van der Waals surface area contributed by atoms with Crippen molar-refractivity contribution >= 4 is 28.5 Å². The maximum absolute atomic E-state index is 2.62. The van der Waals surface area contributed by atoms with Gasteiger partial charge in [0.25, 0.3) is 0 Å². The smallest absolute Gasteiger partial charge is 0.218 e. The molecule has 3 heteroatoms. The van der Waals surface area contributed by atoms with Crippen LogP contribution in [0.15, 0.2) is 205 Å². The summed E-state index contributed by atoms with van der Waals surface area (Å²) in [5.74, 6) is 0. The molecule has 322 valence electrons. The number of aryl methyl sites for hydroxylation is 4. The summed E-state index contributed by atoms with van der Waals surface area (Å²) < 4.78 is 2.51. The van der Waals surface area contributed by atoms with E-state index in [9.17, 15) is 0 Å². The van der Waals surface area contributed by atoms with Crippen LogP contribution in [0.4, 0.5) is 22.7 Å². The molecule has 0 atom stereocenters. The minimum Gasteiger partial charge on any atom is -0.344 e. The Balaban J connectivity index is 1.15. The van der Waals surface area contributed by atoms with Crippen molar-refractivity contribution in [1.82, 2.24) is 4.58 Å². The SMILES string of the molecule is Cc1ccc2c(c1)C(C)(C)C(=CC=C1CCC(=CC=C3N(CCCc4ccccc4)c4ccc(C)cc4C3(C)C)C1=[N+](c1ccccc1)c1ccccc1)N2CCCc1ccccc1. The molecule has 0 bridgehead atoms. The standard InChI is InChI=1S/C61H64N3/c1-45-31-37-55-53(43-45)60(3,4)57(62(55)41-19-25-47-21-11-7-12-22-47)39-35-49-33-34-50(59(49)64(51-27-15-9-16-28-51)52-29-17-10-18-30-52)36-40-58-61(5,6)54-44-46(2)32-38-56(54)63(58)42-20-26-48-23-13-8-14-24-48/h7-18,21-24,27-32,35-40,43-44H,19-20,25-26,33-34,41-42H2,1-6H3/q+1. The van der Waals surface area contributed by atoms with Gasteiger partial charge in [0.05, 0.1) is 0 Å². The molecule has 2 heterocycles. The van der Waals surface area contributed by atoms with Crippen LogP contribution in [0.2, 0.25) is 0 Å². The van der Waals surface area contributed by atoms with Crippen molar-refractivity contribution in [2.45, 2.75) is 90.9 Å². The zero-order chi connectivity index (χ0) is 44.3. The second kappa shape index (κ2) is 18.3. The molecule has 0 saturated heterocycles. The summed E-state index contributed by atoms with van der Waals surface area (Å²) in [4.78, 5) is 5.23. The van der Waals surface area contributed by atoms with Crippen molar-refractivity contribution in [3.05, 3.63) is 238 Å². The second-order valence-electron chi connectivity index (χ2n) is 19.1. The van der Waals surface area contributed by atoms with Crippen LogP contribution in [0.1, 0.15) is 86.8 Å². The second-order valence-corrected chi connectivity index (χ2v) is 19.1. The van der Waals surface area contributed by atoms with Gasteiger partial charge in [0.15, 0.2) is 0 Å². The summed E-state index contributed by atoms with van der Waals surface area (Å²) in [5, 5.41) is 0. The Morgan fingerprint density at radius 3 is 1.23 bits per heavy atom. The molecule has 3 nitrogen and oxygen atoms in total. The highest BCUT2D eigenvalue weighted by molar-refractivity contribution is 6.17. The van der Waals surface area contributed by atoms with Crippen LogP contribution < -0.4 is 14.4 Å². The van der Waals surface area contributed by atoms with Crippen molar-refractivity contribution < 1.29 is 0 Å². The van der Waals surface area contributed by atoms with Gasteiger partial charge in [-0.25, -0.2) is 0 Å². The number of nitrogens with zero attached hydrogens (tertiary/aromatic N) is 3. The number of hydrogen-bond acceptors (Lipinski definition) is 2. The van der Waals surface area contributed by atoms with E-state index in [2.05, 4.69) is 238 Å². The average molecular weight is 839 g/mol. The van der Waals surface area contributed by atoms with Gasteiger partial charge in [-0.05, 0) is 98.9 Å². The Morgan fingerprint density at radius 1 is 0.469 bits per heavy atom. The topological polar surface area (TPSA) is 9.49 Å². The predicted octanol–water partition coefficient (Wildman–Crippen LogP) is 14.9. The van der Waals surface area contributed by atoms with E-state index in [4.69, 9.17) is 0 Å². The number of para-hydroxylation sites is 2. The van der Waals surface area contributed by atoms with E-state index in [0.717, 1.165) is 51.6 Å². The van der Waals surface area contributed by atoms with Crippen LogP contribution in [0.3, 0.4) is 0 Å². The van der Waals surface area contributed by atoms with E-state index in [1.807, 2.05) is 0 Å². The first-order valence-electron chi connectivity index (χ1n) is 23.6. The van der Waals surface area contributed by atoms with Gasteiger partial charge in [-0.3, -0.25) is 0 Å². The summed E-state index contributed by atoms with van der Waals surface area (Å²) in [6, 6.07) is 57.9. The molecular weight excluding hydrogens is 775 g/mol. The van der Waals surface area contributed by atoms with Crippen LogP contribution >= 0.6 is 0 Å². The molecule has 6 aromatic carbocycles. The fraction of sp³-hybridized carbons (Fsp3) is 0.262. The molecule has 3 aliphatic rings. The Bertz CT molecular complexity index is 2580. The lowest BCUT2D eigenvalue weighted by Crippen LogP contribution is -2.27. The maximum Gasteiger partial charge on any atom is 0.218 e. The van der Waals surface area contributed by atoms with E-state index < -0.39 is 0 Å². The fourth-order valence-corrected chi connectivity index (χ4v) is 10.5. The summed E-state index contributed by atoms with van der Waals surface area (Å²) >= 11 is 0. The highest BCUT2D eigenvalue weighted by Gasteiger charge is 2.42. The number of benzene rings is 6. The number of rotatable bonds is 12. The van der Waals surface area contributed by atoms with Crippen LogP contribution in [-0.4, -0.2) is 18.8 Å². The zero-order valence-corrected chi connectivity index (χ0v) is 38.8. The molecule has 0 unspecified atom stereocenters. The Kier molecular flexibility index (Phi) is 12.3. The molecule has 2 aliphatic heterocycles. The normalized spacial score (nSPS) is 18.7. The van der Waals surface area contributed by atoms with Crippen LogP contribution in [0.5, 0.6) is 0 Å². The molecule has 1 aliphatic carbocycles. The third kappa shape index (κ3) is 8.61. The highest BCUT2D eigenvalue weighted by atomic mass is 15.2. The lowest BCUT2D eigenvalue weighted by Gasteiger charge is -2.27. The number of hydrogen-bond donors (Lipinski definition) is 0. The van der Waals surface area contributed by atoms with Gasteiger partial charge in [-0.15, -0.1) is 0 Å². The van der Waals surface area contributed by atoms with E-state index in [-0.39, 0.29) is 10.8 Å². The molecule has 0 amide bonds. The first kappa shape index (κ1) is 42.8. The summed E-state index contributed by atoms with van der Waals surface area (Å²) in [7, 11) is 0. The number of fused-ring (bicyclic) bond motifs is 2. The van der Waals surface area contributed by atoms with Gasteiger partial charge in [-0.2, -0.15) is 4.58 Å². The molecule has 1 saturated carbocycles. The predicted molar refractivity (Wildman–Crippen MR) is 274 cm³/mol. The van der Waals surface area contributed by atoms with Crippen LogP contribution in [0.25, 0.3) is 0 Å². The number of allylic oxidation sites excluding steroid dienone is 8. The first-order valence-corrected chi connectivity index (χ1v) is 23.6. The van der Waals surface area contributed by atoms with E-state index >= 15 is 0 Å². The summed E-state index contributed by atoms with van der Waals surface area (Å²) in [5.41, 5.74) is 19.7. The van der Waals surface area contributed by atoms with Crippen LogP contribution in [0, 0.1) is 13.8 Å². The largest absolute Gasteiger partial charge is 0.344 e. The highest BCUT2D eigenvalue weighted by Crippen LogP contribution is 2.50. The van der Waals surface area contributed by atoms with E-state index in [1.54, 1.807) is 0 Å². The van der Waals surface area contributed by atoms with Gasteiger partial charge < -0.3 is 9.80 Å². The third-order valence-corrected chi connectivity index (χ3v) is 13.9. The van der Waals surface area contributed by atoms with E-state index in [1.165, 1.54) is 84.4 Å². The monoisotopic (exact) mass is 839 g/mol. The molecule has 9 rings (SSSR count). The van der Waals surface area contributed by atoms with Crippen molar-refractivity contribution in [2.24, 2.45) is 0 Å². The Labute approximate surface area is 383 Å². The van der Waals surface area contributed by atoms with Gasteiger partial charge in [0, 0.05) is 82.1 Å². The minimum atomic E-state index is -0.142. The lowest BCUT2D eigenvalue weighted by atomic mass is 9.83. The summed E-state index contributed by atoms with van der Waals surface area (Å²) in [6.07, 6.45) is 16.1. The van der Waals surface area contributed by atoms with Gasteiger partial charge >= 0.3 is 0 Å². The quantitative estimate of drug-likeness (QED) is 0.114. The molecule has 0 spiro atoms. The van der Waals surface area contributed by atoms with Crippen molar-refractivity contribution in [1.29, 1.82) is 0 Å². The molecule has 64 heavy (non-hydrogen) atoms. The molecule has 1 fully saturated rings. The average Bonchev–Trinajstić information content (AvgIpc) is 3.87. The molecular formula is C61H64N3+. The lowest BCUT2D eigenvalue weighted by molar-refractivity contribution is 0.625. The molecule has 0 N–H and O–H groups in total. The van der Waals surface area contributed by atoms with Crippen molar-refractivity contribution in [3.8, 4) is 0 Å². The minimum absolute atomic E-state index is 0.142. The van der Waals surface area contributed by atoms with Gasteiger partial charge in [0.1, 0.15) is 0 Å². The zero-order valence-electron chi connectivity index (χ0n) is 38.8. The maximum atomic E-state index is 2.62. The van der Waals surface area contributed by atoms with Crippen LogP contribution in [-0.2, 0) is 23.7 Å². The first-order chi connectivity index (χ1) is 31.1. The van der Waals surface area contributed by atoms with Gasteiger partial charge in [0.2, 0.25) is 17.1 Å². The van der Waals surface area contributed by atoms with E-state index in [0.29, 0.717) is 0 Å².